The van der Waals surface area contributed by atoms with E-state index < -0.39 is 6.09 Å². The predicted octanol–water partition coefficient (Wildman–Crippen LogP) is 4.86. The maximum Gasteiger partial charge on any atom is 0.411 e. The molecule has 0 aromatic heterocycles. The molecule has 2 aromatic rings. The van der Waals surface area contributed by atoms with Gasteiger partial charge in [-0.25, -0.2) is 4.79 Å². The molecule has 25 heavy (non-hydrogen) atoms. The molecule has 0 aliphatic rings. The quantitative estimate of drug-likeness (QED) is 0.789. The zero-order chi connectivity index (χ0) is 18.2. The van der Waals surface area contributed by atoms with Gasteiger partial charge in [-0.2, -0.15) is 5.26 Å². The highest BCUT2D eigenvalue weighted by molar-refractivity contribution is 5.87. The maximum atomic E-state index is 11.5. The molecule has 2 N–H and O–H groups in total. The van der Waals surface area contributed by atoms with Crippen molar-refractivity contribution in [2.45, 2.75) is 33.2 Å². The first-order valence-corrected chi connectivity index (χ1v) is 8.34. The van der Waals surface area contributed by atoms with E-state index in [9.17, 15) is 10.1 Å². The van der Waals surface area contributed by atoms with E-state index in [1.54, 1.807) is 19.1 Å². The molecular formula is C20H23N3O2. The summed E-state index contributed by atoms with van der Waals surface area (Å²) in [5.74, 6) is 0.514. The van der Waals surface area contributed by atoms with Crippen molar-refractivity contribution in [3.05, 3.63) is 59.2 Å². The Kier molecular flexibility index (Phi) is 6.41. The lowest BCUT2D eigenvalue weighted by Gasteiger charge is -2.11. The first-order valence-electron chi connectivity index (χ1n) is 8.34. The molecule has 0 radical (unpaired) electrons. The lowest BCUT2D eigenvalue weighted by Crippen LogP contribution is -2.14. The molecule has 0 saturated carbocycles. The van der Waals surface area contributed by atoms with Gasteiger partial charge in [0.15, 0.2) is 0 Å². The average Bonchev–Trinajstić information content (AvgIpc) is 2.61. The fraction of sp³-hybridized carbons (Fsp3) is 0.300. The van der Waals surface area contributed by atoms with Crippen LogP contribution < -0.4 is 10.6 Å². The normalized spacial score (nSPS) is 10.2. The Bertz CT molecular complexity index is 762. The second kappa shape index (κ2) is 8.74. The van der Waals surface area contributed by atoms with E-state index in [2.05, 4.69) is 54.8 Å². The third kappa shape index (κ3) is 5.25. The molecular weight excluding hydrogens is 314 g/mol. The first kappa shape index (κ1) is 18.3. The van der Waals surface area contributed by atoms with Crippen molar-refractivity contribution in [2.24, 2.45) is 0 Å². The number of nitrogens with one attached hydrogen (secondary N) is 2. The predicted molar refractivity (Wildman–Crippen MR) is 99.7 cm³/mol. The van der Waals surface area contributed by atoms with Crippen LogP contribution in [0.25, 0.3) is 0 Å². The van der Waals surface area contributed by atoms with Gasteiger partial charge in [-0.15, -0.1) is 0 Å². The molecule has 0 spiro atoms. The van der Waals surface area contributed by atoms with Crippen LogP contribution in [-0.2, 0) is 11.3 Å². The summed E-state index contributed by atoms with van der Waals surface area (Å²) < 4.78 is 4.83. The molecule has 130 valence electrons. The standard InChI is InChI=1S/C20H23N3O2/c1-4-25-20(24)23-19-10-9-18(11-17(19)12-21)22-13-15-5-7-16(8-6-15)14(2)3/h5-11,14,22H,4,13H2,1-3H3,(H,23,24). The lowest BCUT2D eigenvalue weighted by atomic mass is 10.0. The summed E-state index contributed by atoms with van der Waals surface area (Å²) >= 11 is 0. The van der Waals surface area contributed by atoms with Gasteiger partial charge in [0.1, 0.15) is 6.07 Å². The molecule has 0 heterocycles. The Morgan fingerprint density at radius 2 is 1.92 bits per heavy atom. The molecule has 2 aromatic carbocycles. The molecule has 2 rings (SSSR count). The minimum Gasteiger partial charge on any atom is -0.450 e. The van der Waals surface area contributed by atoms with Gasteiger partial charge in [0.25, 0.3) is 0 Å². The van der Waals surface area contributed by atoms with Crippen molar-refractivity contribution in [2.75, 3.05) is 17.2 Å². The van der Waals surface area contributed by atoms with Gasteiger partial charge in [0.2, 0.25) is 0 Å². The smallest absolute Gasteiger partial charge is 0.411 e. The first-order chi connectivity index (χ1) is 12.0. The summed E-state index contributed by atoms with van der Waals surface area (Å²) in [4.78, 5) is 11.5. The van der Waals surface area contributed by atoms with E-state index >= 15 is 0 Å². The largest absolute Gasteiger partial charge is 0.450 e. The van der Waals surface area contributed by atoms with E-state index in [0.717, 1.165) is 11.3 Å². The van der Waals surface area contributed by atoms with Crippen molar-refractivity contribution in [1.82, 2.24) is 0 Å². The topological polar surface area (TPSA) is 74.2 Å². The van der Waals surface area contributed by atoms with Crippen LogP contribution >= 0.6 is 0 Å². The Balaban J connectivity index is 2.03. The van der Waals surface area contributed by atoms with Gasteiger partial charge < -0.3 is 10.1 Å². The number of benzene rings is 2. The van der Waals surface area contributed by atoms with Crippen LogP contribution in [-0.4, -0.2) is 12.7 Å². The number of ether oxygens (including phenoxy) is 1. The van der Waals surface area contributed by atoms with Crippen molar-refractivity contribution in [1.29, 1.82) is 5.26 Å². The molecule has 0 aliphatic carbocycles. The summed E-state index contributed by atoms with van der Waals surface area (Å²) in [5, 5.41) is 15.1. The average molecular weight is 337 g/mol. The lowest BCUT2D eigenvalue weighted by molar-refractivity contribution is 0.168. The van der Waals surface area contributed by atoms with Crippen LogP contribution in [0.2, 0.25) is 0 Å². The SMILES string of the molecule is CCOC(=O)Nc1ccc(NCc2ccc(C(C)C)cc2)cc1C#N. The van der Waals surface area contributed by atoms with E-state index in [0.29, 0.717) is 23.7 Å². The summed E-state index contributed by atoms with van der Waals surface area (Å²) in [5.41, 5.74) is 4.11. The summed E-state index contributed by atoms with van der Waals surface area (Å²) in [6.45, 7) is 7.01. The van der Waals surface area contributed by atoms with Crippen molar-refractivity contribution >= 4 is 17.5 Å². The Labute approximate surface area is 148 Å². The van der Waals surface area contributed by atoms with Gasteiger partial charge in [0, 0.05) is 12.2 Å². The van der Waals surface area contributed by atoms with Gasteiger partial charge in [-0.1, -0.05) is 38.1 Å². The zero-order valence-corrected chi connectivity index (χ0v) is 14.8. The van der Waals surface area contributed by atoms with Crippen molar-refractivity contribution in [3.63, 3.8) is 0 Å². The van der Waals surface area contributed by atoms with Crippen LogP contribution in [0.5, 0.6) is 0 Å². The zero-order valence-electron chi connectivity index (χ0n) is 14.8. The number of amides is 1. The Morgan fingerprint density at radius 3 is 2.52 bits per heavy atom. The number of nitrogens with zero attached hydrogens (tertiary/aromatic N) is 1. The van der Waals surface area contributed by atoms with Crippen LogP contribution in [0.1, 0.15) is 43.4 Å². The van der Waals surface area contributed by atoms with Crippen LogP contribution in [0, 0.1) is 11.3 Å². The highest BCUT2D eigenvalue weighted by Gasteiger charge is 2.08. The number of nitriles is 1. The fourth-order valence-corrected chi connectivity index (χ4v) is 2.36. The van der Waals surface area contributed by atoms with Crippen LogP contribution in [0.3, 0.4) is 0 Å². The Hall–Kier alpha value is -3.00. The monoisotopic (exact) mass is 337 g/mol. The van der Waals surface area contributed by atoms with E-state index in [1.807, 2.05) is 6.07 Å². The number of carbonyl (C=O) groups excluding carboxylic acids is 1. The molecule has 0 unspecified atom stereocenters. The number of rotatable bonds is 6. The molecule has 0 aliphatic heterocycles. The molecule has 5 heteroatoms. The number of hydrogen-bond acceptors (Lipinski definition) is 4. The number of anilines is 2. The van der Waals surface area contributed by atoms with Crippen molar-refractivity contribution in [3.8, 4) is 6.07 Å². The summed E-state index contributed by atoms with van der Waals surface area (Å²) in [6.07, 6.45) is -0.565. The van der Waals surface area contributed by atoms with E-state index in [4.69, 9.17) is 4.74 Å². The third-order valence-electron chi connectivity index (χ3n) is 3.80. The second-order valence-electron chi connectivity index (χ2n) is 5.97. The van der Waals surface area contributed by atoms with E-state index in [1.165, 1.54) is 5.56 Å². The van der Waals surface area contributed by atoms with Gasteiger partial charge >= 0.3 is 6.09 Å². The van der Waals surface area contributed by atoms with Crippen LogP contribution in [0.15, 0.2) is 42.5 Å². The fourth-order valence-electron chi connectivity index (χ4n) is 2.36. The minimum atomic E-state index is -0.565. The van der Waals surface area contributed by atoms with Gasteiger partial charge in [-0.05, 0) is 42.2 Å². The molecule has 0 bridgehead atoms. The highest BCUT2D eigenvalue weighted by Crippen LogP contribution is 2.21. The molecule has 0 atom stereocenters. The molecule has 0 fully saturated rings. The highest BCUT2D eigenvalue weighted by atomic mass is 16.5. The third-order valence-corrected chi connectivity index (χ3v) is 3.80. The van der Waals surface area contributed by atoms with Gasteiger partial charge in [-0.3, -0.25) is 5.32 Å². The Morgan fingerprint density at radius 1 is 1.20 bits per heavy atom. The number of hydrogen-bond donors (Lipinski definition) is 2. The second-order valence-corrected chi connectivity index (χ2v) is 5.97. The number of carbonyl (C=O) groups is 1. The molecule has 1 amide bonds. The summed E-state index contributed by atoms with van der Waals surface area (Å²) in [6, 6.07) is 15.8. The van der Waals surface area contributed by atoms with Crippen LogP contribution in [0.4, 0.5) is 16.2 Å². The maximum absolute atomic E-state index is 11.5. The molecule has 0 saturated heterocycles. The van der Waals surface area contributed by atoms with Crippen molar-refractivity contribution < 1.29 is 9.53 Å². The molecule has 5 nitrogen and oxygen atoms in total. The van der Waals surface area contributed by atoms with Gasteiger partial charge in [0.05, 0.1) is 17.9 Å². The van der Waals surface area contributed by atoms with E-state index in [-0.39, 0.29) is 6.61 Å². The minimum absolute atomic E-state index is 0.281. The summed E-state index contributed by atoms with van der Waals surface area (Å²) in [7, 11) is 0.